The van der Waals surface area contributed by atoms with Crippen LogP contribution in [-0.4, -0.2) is 56.7 Å². The van der Waals surface area contributed by atoms with Crippen molar-refractivity contribution in [3.63, 3.8) is 0 Å². The molecule has 3 unspecified atom stereocenters. The van der Waals surface area contributed by atoms with E-state index in [0.717, 1.165) is 17.9 Å². The third-order valence-corrected chi connectivity index (χ3v) is 5.50. The van der Waals surface area contributed by atoms with Gasteiger partial charge in [0.05, 0.1) is 5.37 Å². The van der Waals surface area contributed by atoms with E-state index in [2.05, 4.69) is 12.2 Å². The van der Waals surface area contributed by atoms with Gasteiger partial charge in [-0.25, -0.2) is 9.59 Å². The molecule has 110 valence electrons. The Balaban J connectivity index is 2.62. The number of hydrogen-bond donors (Lipinski definition) is 2. The molecule has 1 aliphatic rings. The Morgan fingerprint density at radius 1 is 1.53 bits per heavy atom. The van der Waals surface area contributed by atoms with E-state index >= 15 is 0 Å². The second-order valence-corrected chi connectivity index (χ2v) is 7.00. The quantitative estimate of drug-likeness (QED) is 0.786. The van der Waals surface area contributed by atoms with Gasteiger partial charge in [-0.1, -0.05) is 13.8 Å². The van der Waals surface area contributed by atoms with Crippen LogP contribution in [0.5, 0.6) is 0 Å². The number of hydrogen-bond acceptors (Lipinski definition) is 4. The smallest absolute Gasteiger partial charge is 0.327 e. The van der Waals surface area contributed by atoms with E-state index in [9.17, 15) is 14.7 Å². The fourth-order valence-electron chi connectivity index (χ4n) is 1.96. The molecule has 0 aromatic carbocycles. The van der Waals surface area contributed by atoms with Crippen molar-refractivity contribution in [3.8, 4) is 0 Å². The molecular weight excluding hydrogens is 284 g/mol. The maximum absolute atomic E-state index is 12.2. The summed E-state index contributed by atoms with van der Waals surface area (Å²) in [7, 11) is 0. The molecule has 1 heterocycles. The number of rotatable bonds is 6. The Morgan fingerprint density at radius 3 is 2.74 bits per heavy atom. The Bertz CT molecular complexity index is 328. The zero-order chi connectivity index (χ0) is 14.4. The monoisotopic (exact) mass is 306 g/mol. The maximum Gasteiger partial charge on any atom is 0.327 e. The average molecular weight is 306 g/mol. The Morgan fingerprint density at radius 2 is 2.21 bits per heavy atom. The summed E-state index contributed by atoms with van der Waals surface area (Å²) in [4.78, 5) is 24.9. The second kappa shape index (κ2) is 7.89. The molecular formula is C12H22N2O3S2. The zero-order valence-corrected chi connectivity index (χ0v) is 13.2. The minimum absolute atomic E-state index is 0.0351. The highest BCUT2D eigenvalue weighted by Crippen LogP contribution is 2.31. The number of carbonyl (C=O) groups excluding carboxylic acids is 1. The molecule has 0 aliphatic carbocycles. The van der Waals surface area contributed by atoms with Crippen molar-refractivity contribution in [2.75, 3.05) is 17.3 Å². The van der Waals surface area contributed by atoms with Crippen molar-refractivity contribution in [1.82, 2.24) is 10.2 Å². The molecule has 0 aromatic rings. The van der Waals surface area contributed by atoms with Crippen molar-refractivity contribution in [1.29, 1.82) is 0 Å². The molecule has 2 N–H and O–H groups in total. The predicted molar refractivity (Wildman–Crippen MR) is 80.8 cm³/mol. The molecule has 3 atom stereocenters. The van der Waals surface area contributed by atoms with Gasteiger partial charge < -0.3 is 10.4 Å². The van der Waals surface area contributed by atoms with Crippen LogP contribution in [-0.2, 0) is 4.79 Å². The number of carboxylic acid groups (broad SMARTS) is 1. The van der Waals surface area contributed by atoms with E-state index in [1.54, 1.807) is 11.8 Å². The molecule has 19 heavy (non-hydrogen) atoms. The van der Waals surface area contributed by atoms with Crippen LogP contribution < -0.4 is 5.32 Å². The summed E-state index contributed by atoms with van der Waals surface area (Å²) in [6.45, 7) is 5.99. The number of carboxylic acids is 1. The van der Waals surface area contributed by atoms with Crippen molar-refractivity contribution in [3.05, 3.63) is 0 Å². The maximum atomic E-state index is 12.2. The number of amides is 2. The number of nitrogens with zero attached hydrogens (tertiary/aromatic N) is 1. The van der Waals surface area contributed by atoms with Crippen LogP contribution in [0.25, 0.3) is 0 Å². The van der Waals surface area contributed by atoms with Crippen LogP contribution >= 0.6 is 23.5 Å². The lowest BCUT2D eigenvalue weighted by molar-refractivity contribution is -0.141. The SMILES string of the molecule is CCSCC(C)NC(=O)N1C(CC)SCC1C(=O)O. The molecule has 0 radical (unpaired) electrons. The standard InChI is InChI=1S/C12H22N2O3S2/c1-4-10-14(9(7-19-10)11(15)16)12(17)13-8(3)6-18-5-2/h8-10H,4-7H2,1-3H3,(H,13,17)(H,15,16). The van der Waals surface area contributed by atoms with E-state index < -0.39 is 12.0 Å². The highest BCUT2D eigenvalue weighted by Gasteiger charge is 2.41. The van der Waals surface area contributed by atoms with E-state index in [0.29, 0.717) is 5.75 Å². The molecule has 5 nitrogen and oxygen atoms in total. The van der Waals surface area contributed by atoms with Crippen molar-refractivity contribution in [2.45, 2.75) is 44.6 Å². The summed E-state index contributed by atoms with van der Waals surface area (Å²) in [6, 6.07) is -0.913. The lowest BCUT2D eigenvalue weighted by atomic mass is 10.2. The van der Waals surface area contributed by atoms with Gasteiger partial charge in [-0.3, -0.25) is 4.90 Å². The lowest BCUT2D eigenvalue weighted by Gasteiger charge is -2.28. The minimum atomic E-state index is -0.922. The largest absolute Gasteiger partial charge is 0.480 e. The first-order valence-electron chi connectivity index (χ1n) is 6.52. The molecule has 1 fully saturated rings. The molecule has 7 heteroatoms. The van der Waals surface area contributed by atoms with Gasteiger partial charge >= 0.3 is 12.0 Å². The first kappa shape index (κ1) is 16.5. The summed E-state index contributed by atoms with van der Waals surface area (Å²) in [5.74, 6) is 1.40. The number of nitrogens with one attached hydrogen (secondary N) is 1. The zero-order valence-electron chi connectivity index (χ0n) is 11.6. The van der Waals surface area contributed by atoms with Crippen LogP contribution in [0.1, 0.15) is 27.2 Å². The van der Waals surface area contributed by atoms with Gasteiger partial charge in [-0.15, -0.1) is 11.8 Å². The van der Waals surface area contributed by atoms with E-state index in [1.165, 1.54) is 16.7 Å². The number of carbonyl (C=O) groups is 2. The fraction of sp³-hybridized carbons (Fsp3) is 0.833. The number of thioether (sulfide) groups is 2. The molecule has 1 rings (SSSR count). The summed E-state index contributed by atoms with van der Waals surface area (Å²) >= 11 is 3.30. The Hall–Kier alpha value is -0.560. The van der Waals surface area contributed by atoms with Crippen LogP contribution in [0.4, 0.5) is 4.79 Å². The van der Waals surface area contributed by atoms with E-state index in [-0.39, 0.29) is 17.4 Å². The van der Waals surface area contributed by atoms with Gasteiger partial charge in [-0.2, -0.15) is 11.8 Å². The molecule has 0 spiro atoms. The molecule has 1 aliphatic heterocycles. The lowest BCUT2D eigenvalue weighted by Crippen LogP contribution is -2.52. The van der Waals surface area contributed by atoms with Gasteiger partial charge in [0, 0.05) is 17.5 Å². The van der Waals surface area contributed by atoms with Crippen molar-refractivity contribution < 1.29 is 14.7 Å². The molecule has 1 saturated heterocycles. The molecule has 2 amide bonds. The van der Waals surface area contributed by atoms with Crippen LogP contribution in [0, 0.1) is 0 Å². The molecule has 0 aromatic heterocycles. The van der Waals surface area contributed by atoms with Gasteiger partial charge in [0.25, 0.3) is 0 Å². The third-order valence-electron chi connectivity index (χ3n) is 2.90. The van der Waals surface area contributed by atoms with Crippen molar-refractivity contribution in [2.24, 2.45) is 0 Å². The van der Waals surface area contributed by atoms with Gasteiger partial charge in [-0.05, 0) is 19.1 Å². The van der Waals surface area contributed by atoms with E-state index in [4.69, 9.17) is 0 Å². The van der Waals surface area contributed by atoms with Crippen LogP contribution in [0.2, 0.25) is 0 Å². The summed E-state index contributed by atoms with van der Waals surface area (Å²) in [5, 5.41) is 12.0. The Kier molecular flexibility index (Phi) is 6.85. The van der Waals surface area contributed by atoms with Crippen LogP contribution in [0.3, 0.4) is 0 Å². The summed E-state index contributed by atoms with van der Waals surface area (Å²) in [6.07, 6.45) is 0.764. The van der Waals surface area contributed by atoms with Gasteiger partial charge in [0.15, 0.2) is 0 Å². The van der Waals surface area contributed by atoms with Gasteiger partial charge in [0.1, 0.15) is 6.04 Å². The predicted octanol–water partition coefficient (Wildman–Crippen LogP) is 2.08. The first-order chi connectivity index (χ1) is 9.01. The average Bonchev–Trinajstić information content (AvgIpc) is 2.80. The Labute approximate surface area is 122 Å². The summed E-state index contributed by atoms with van der Waals surface area (Å²) in [5.41, 5.74) is 0. The fourth-order valence-corrected chi connectivity index (χ4v) is 3.98. The second-order valence-electron chi connectivity index (χ2n) is 4.47. The molecule has 0 bridgehead atoms. The highest BCUT2D eigenvalue weighted by atomic mass is 32.2. The first-order valence-corrected chi connectivity index (χ1v) is 8.72. The third kappa shape index (κ3) is 4.49. The number of aliphatic carboxylic acids is 1. The summed E-state index contributed by atoms with van der Waals surface area (Å²) < 4.78 is 0. The van der Waals surface area contributed by atoms with Crippen LogP contribution in [0.15, 0.2) is 0 Å². The normalized spacial score (nSPS) is 24.3. The van der Waals surface area contributed by atoms with Crippen molar-refractivity contribution >= 4 is 35.5 Å². The van der Waals surface area contributed by atoms with E-state index in [1.807, 2.05) is 13.8 Å². The highest BCUT2D eigenvalue weighted by molar-refractivity contribution is 8.00. The molecule has 0 saturated carbocycles. The van der Waals surface area contributed by atoms with Gasteiger partial charge in [0.2, 0.25) is 0 Å². The number of urea groups is 1. The minimum Gasteiger partial charge on any atom is -0.480 e. The topological polar surface area (TPSA) is 69.6 Å².